The van der Waals surface area contributed by atoms with E-state index in [0.717, 1.165) is 25.7 Å². The van der Waals surface area contributed by atoms with Crippen molar-refractivity contribution in [3.8, 4) is 0 Å². The Morgan fingerprint density at radius 3 is 2.13 bits per heavy atom. The minimum atomic E-state index is -0.268. The summed E-state index contributed by atoms with van der Waals surface area (Å²) in [6.07, 6.45) is 7.00. The molecule has 23 heavy (non-hydrogen) atoms. The molecule has 0 amide bonds. The van der Waals surface area contributed by atoms with Crippen molar-refractivity contribution < 1.29 is 0 Å². The third-order valence-electron chi connectivity index (χ3n) is 3.82. The molecule has 1 aromatic heterocycles. The molecule has 3 rings (SSSR count). The summed E-state index contributed by atoms with van der Waals surface area (Å²) < 4.78 is 1.48. The Bertz CT molecular complexity index is 690. The van der Waals surface area contributed by atoms with Crippen LogP contribution in [-0.4, -0.2) is 9.78 Å². The molecule has 0 bridgehead atoms. The number of anilines is 2. The average molecular weight is 355 g/mol. The molecule has 1 saturated carbocycles. The third-order valence-corrected chi connectivity index (χ3v) is 4.57. The largest absolute Gasteiger partial charge is 0.397 e. The summed E-state index contributed by atoms with van der Waals surface area (Å²) in [6, 6.07) is 7.45. The Labute approximate surface area is 145 Å². The van der Waals surface area contributed by atoms with Crippen LogP contribution in [0, 0.1) is 0 Å². The van der Waals surface area contributed by atoms with Crippen LogP contribution in [0.4, 0.5) is 11.4 Å². The smallest absolute Gasteiger partial charge is 0.287 e. The summed E-state index contributed by atoms with van der Waals surface area (Å²) in [5, 5.41) is 4.36. The lowest BCUT2D eigenvalue weighted by atomic mass is 9.96. The van der Waals surface area contributed by atoms with Crippen molar-refractivity contribution in [2.75, 3.05) is 11.5 Å². The van der Waals surface area contributed by atoms with E-state index in [1.807, 2.05) is 12.1 Å². The molecule has 1 fully saturated rings. The van der Waals surface area contributed by atoms with Gasteiger partial charge in [-0.05, 0) is 25.0 Å². The maximum atomic E-state index is 11.8. The third kappa shape index (κ3) is 4.62. The average Bonchev–Trinajstić information content (AvgIpc) is 2.57. The quantitative estimate of drug-likeness (QED) is 0.760. The molecule has 4 N–H and O–H groups in total. The zero-order valence-corrected chi connectivity index (χ0v) is 14.2. The molecule has 124 valence electrons. The van der Waals surface area contributed by atoms with E-state index in [0.29, 0.717) is 11.4 Å². The molecule has 1 aliphatic carbocycles. The predicted octanol–water partition coefficient (Wildman–Crippen LogP) is 3.91. The zero-order valence-electron chi connectivity index (χ0n) is 12.7. The number of nitrogens with two attached hydrogens (primary N) is 2. The van der Waals surface area contributed by atoms with Crippen LogP contribution in [0.25, 0.3) is 0 Å². The number of hydrogen-bond acceptors (Lipinski definition) is 4. The standard InChI is InChI=1S/C10H12Cl2N2O.C6H8N2/c11-8-6-13-14(10(15)9(8)12)7-4-2-1-3-5-7;7-5-3-1-2-4-6(5)8/h6-7H,1-5H2;1-4H,7-8H2. The molecular weight excluding hydrogens is 335 g/mol. The van der Waals surface area contributed by atoms with Crippen molar-refractivity contribution >= 4 is 34.6 Å². The van der Waals surface area contributed by atoms with E-state index in [1.165, 1.54) is 17.3 Å². The molecule has 0 radical (unpaired) electrons. The van der Waals surface area contributed by atoms with Crippen molar-refractivity contribution in [1.29, 1.82) is 0 Å². The van der Waals surface area contributed by atoms with E-state index in [-0.39, 0.29) is 21.6 Å². The fourth-order valence-corrected chi connectivity index (χ4v) is 2.78. The van der Waals surface area contributed by atoms with E-state index in [2.05, 4.69) is 5.10 Å². The number of aromatic nitrogens is 2. The first-order chi connectivity index (χ1) is 11.0. The highest BCUT2D eigenvalue weighted by Crippen LogP contribution is 2.27. The second-order valence-corrected chi connectivity index (χ2v) is 6.26. The van der Waals surface area contributed by atoms with Gasteiger partial charge in [-0.3, -0.25) is 4.79 Å². The monoisotopic (exact) mass is 354 g/mol. The Kier molecular flexibility index (Phi) is 6.30. The van der Waals surface area contributed by atoms with Crippen LogP contribution in [0.1, 0.15) is 38.1 Å². The highest BCUT2D eigenvalue weighted by Gasteiger charge is 2.19. The normalized spacial score (nSPS) is 14.9. The van der Waals surface area contributed by atoms with Crippen molar-refractivity contribution in [1.82, 2.24) is 9.78 Å². The molecule has 0 spiro atoms. The summed E-state index contributed by atoms with van der Waals surface area (Å²) in [5.41, 5.74) is 11.8. The predicted molar refractivity (Wildman–Crippen MR) is 95.9 cm³/mol. The van der Waals surface area contributed by atoms with Crippen molar-refractivity contribution in [2.24, 2.45) is 0 Å². The van der Waals surface area contributed by atoms with Crippen LogP contribution in [0.5, 0.6) is 0 Å². The molecular formula is C16H20Cl2N4O. The summed E-state index contributed by atoms with van der Waals surface area (Å²) in [7, 11) is 0. The van der Waals surface area contributed by atoms with Gasteiger partial charge in [-0.2, -0.15) is 5.10 Å². The second kappa shape index (κ2) is 8.22. The molecule has 1 aliphatic rings. The second-order valence-electron chi connectivity index (χ2n) is 5.48. The molecule has 1 aromatic carbocycles. The van der Waals surface area contributed by atoms with E-state index >= 15 is 0 Å². The zero-order chi connectivity index (χ0) is 16.8. The number of halogens is 2. The number of nitrogens with zero attached hydrogens (tertiary/aromatic N) is 2. The van der Waals surface area contributed by atoms with Gasteiger partial charge in [0.1, 0.15) is 5.02 Å². The van der Waals surface area contributed by atoms with Gasteiger partial charge in [-0.1, -0.05) is 54.6 Å². The van der Waals surface area contributed by atoms with E-state index in [9.17, 15) is 4.79 Å². The highest BCUT2D eigenvalue weighted by molar-refractivity contribution is 6.41. The molecule has 7 heteroatoms. The maximum absolute atomic E-state index is 11.8. The first-order valence-corrected chi connectivity index (χ1v) is 8.29. The van der Waals surface area contributed by atoms with Crippen LogP contribution in [-0.2, 0) is 0 Å². The van der Waals surface area contributed by atoms with Gasteiger partial charge in [0, 0.05) is 0 Å². The lowest BCUT2D eigenvalue weighted by molar-refractivity contribution is 0.318. The van der Waals surface area contributed by atoms with Crippen LogP contribution >= 0.6 is 23.2 Å². The van der Waals surface area contributed by atoms with E-state index in [1.54, 1.807) is 12.1 Å². The number of rotatable bonds is 1. The van der Waals surface area contributed by atoms with Gasteiger partial charge in [0.2, 0.25) is 0 Å². The van der Waals surface area contributed by atoms with Gasteiger partial charge < -0.3 is 11.5 Å². The number of nitrogen functional groups attached to an aromatic ring is 2. The fraction of sp³-hybridized carbons (Fsp3) is 0.375. The van der Waals surface area contributed by atoms with Gasteiger partial charge in [0.05, 0.1) is 28.6 Å². The minimum absolute atomic E-state index is 0.0808. The van der Waals surface area contributed by atoms with Crippen molar-refractivity contribution in [2.45, 2.75) is 38.1 Å². The van der Waals surface area contributed by atoms with Gasteiger partial charge in [0.15, 0.2) is 0 Å². The summed E-state index contributed by atoms with van der Waals surface area (Å²) in [6.45, 7) is 0. The molecule has 1 heterocycles. The topological polar surface area (TPSA) is 86.9 Å². The van der Waals surface area contributed by atoms with Crippen LogP contribution < -0.4 is 17.0 Å². The summed E-state index contributed by atoms with van der Waals surface area (Å²) >= 11 is 11.5. The molecule has 0 aliphatic heterocycles. The van der Waals surface area contributed by atoms with Crippen LogP contribution in [0.2, 0.25) is 10.0 Å². The Morgan fingerprint density at radius 2 is 1.61 bits per heavy atom. The lowest BCUT2D eigenvalue weighted by Gasteiger charge is -2.22. The summed E-state index contributed by atoms with van der Waals surface area (Å²) in [4.78, 5) is 11.8. The van der Waals surface area contributed by atoms with E-state index in [4.69, 9.17) is 34.7 Å². The molecule has 2 aromatic rings. The summed E-state index contributed by atoms with van der Waals surface area (Å²) in [5.74, 6) is 0. The lowest BCUT2D eigenvalue weighted by Crippen LogP contribution is -2.28. The molecule has 0 saturated heterocycles. The number of para-hydroxylation sites is 2. The Hall–Kier alpha value is -1.72. The van der Waals surface area contributed by atoms with Gasteiger partial charge in [-0.25, -0.2) is 4.68 Å². The van der Waals surface area contributed by atoms with Crippen molar-refractivity contribution in [3.05, 3.63) is 50.9 Å². The molecule has 5 nitrogen and oxygen atoms in total. The minimum Gasteiger partial charge on any atom is -0.397 e. The van der Waals surface area contributed by atoms with Crippen molar-refractivity contribution in [3.63, 3.8) is 0 Å². The van der Waals surface area contributed by atoms with Gasteiger partial charge >= 0.3 is 0 Å². The first kappa shape index (κ1) is 17.6. The first-order valence-electron chi connectivity index (χ1n) is 7.53. The number of hydrogen-bond donors (Lipinski definition) is 2. The fourth-order valence-electron chi connectivity index (χ4n) is 2.52. The molecule has 0 atom stereocenters. The van der Waals surface area contributed by atoms with Gasteiger partial charge in [-0.15, -0.1) is 0 Å². The van der Waals surface area contributed by atoms with Crippen LogP contribution in [0.3, 0.4) is 0 Å². The van der Waals surface area contributed by atoms with Gasteiger partial charge in [0.25, 0.3) is 5.56 Å². The van der Waals surface area contributed by atoms with Crippen LogP contribution in [0.15, 0.2) is 35.3 Å². The Morgan fingerprint density at radius 1 is 1.04 bits per heavy atom. The number of benzene rings is 1. The highest BCUT2D eigenvalue weighted by atomic mass is 35.5. The maximum Gasteiger partial charge on any atom is 0.287 e. The van der Waals surface area contributed by atoms with E-state index < -0.39 is 0 Å². The Balaban J connectivity index is 0.000000203. The molecule has 0 unspecified atom stereocenters. The SMILES string of the molecule is Nc1ccccc1N.O=c1c(Cl)c(Cl)cnn1C1CCCCC1.